The molecule has 4 heteroatoms. The van der Waals surface area contributed by atoms with Gasteiger partial charge in [0.05, 0.1) is 39.3 Å². The quantitative estimate of drug-likeness (QED) is 0.559. The van der Waals surface area contributed by atoms with Crippen molar-refractivity contribution in [3.8, 4) is 0 Å². The SMILES string of the molecule is CCC[NH+]1CCC([NH+](C)CC(=O)OCC)CC1. The van der Waals surface area contributed by atoms with Gasteiger partial charge in [0.2, 0.25) is 0 Å². The summed E-state index contributed by atoms with van der Waals surface area (Å²) in [7, 11) is 2.12. The molecule has 1 aliphatic heterocycles. The molecule has 0 aromatic rings. The van der Waals surface area contributed by atoms with E-state index in [1.807, 2.05) is 6.92 Å². The Bertz CT molecular complexity index is 225. The zero-order chi connectivity index (χ0) is 12.7. The maximum absolute atomic E-state index is 11.4. The molecule has 0 radical (unpaired) electrons. The van der Waals surface area contributed by atoms with Crippen LogP contribution < -0.4 is 9.80 Å². The highest BCUT2D eigenvalue weighted by Crippen LogP contribution is 1.95. The van der Waals surface area contributed by atoms with E-state index in [9.17, 15) is 4.79 Å². The van der Waals surface area contributed by atoms with Gasteiger partial charge in [-0.15, -0.1) is 0 Å². The van der Waals surface area contributed by atoms with Gasteiger partial charge >= 0.3 is 5.97 Å². The number of nitrogens with one attached hydrogen (secondary N) is 2. The third-order valence-electron chi connectivity index (χ3n) is 3.72. The molecular weight excluding hydrogens is 216 g/mol. The maximum atomic E-state index is 11.4. The molecule has 0 amide bonds. The molecule has 0 aliphatic carbocycles. The number of ether oxygens (including phenoxy) is 1. The van der Waals surface area contributed by atoms with Crippen molar-refractivity contribution in [2.24, 2.45) is 0 Å². The summed E-state index contributed by atoms with van der Waals surface area (Å²) in [6.45, 7) is 8.94. The van der Waals surface area contributed by atoms with Crippen molar-refractivity contribution in [2.45, 2.75) is 39.2 Å². The Balaban J connectivity index is 2.25. The van der Waals surface area contributed by atoms with Gasteiger partial charge in [0.1, 0.15) is 0 Å². The lowest BCUT2D eigenvalue weighted by Gasteiger charge is -2.31. The number of hydrogen-bond donors (Lipinski definition) is 2. The van der Waals surface area contributed by atoms with Crippen LogP contribution in [0.15, 0.2) is 0 Å². The van der Waals surface area contributed by atoms with Gasteiger partial charge < -0.3 is 14.5 Å². The molecule has 1 unspecified atom stereocenters. The number of quaternary nitrogens is 2. The summed E-state index contributed by atoms with van der Waals surface area (Å²) in [5.74, 6) is -0.0617. The molecule has 0 saturated carbocycles. The molecule has 1 rings (SSSR count). The minimum atomic E-state index is -0.0617. The fraction of sp³-hybridized carbons (Fsp3) is 0.923. The molecule has 100 valence electrons. The van der Waals surface area contributed by atoms with Crippen LogP contribution in [0.2, 0.25) is 0 Å². The molecule has 0 spiro atoms. The van der Waals surface area contributed by atoms with Crippen molar-refractivity contribution < 1.29 is 19.3 Å². The highest BCUT2D eigenvalue weighted by molar-refractivity contribution is 5.70. The smallest absolute Gasteiger partial charge is 0.361 e. The van der Waals surface area contributed by atoms with E-state index in [0.29, 0.717) is 19.2 Å². The Labute approximate surface area is 105 Å². The highest BCUT2D eigenvalue weighted by Gasteiger charge is 2.28. The summed E-state index contributed by atoms with van der Waals surface area (Å²) in [4.78, 5) is 14.5. The topological polar surface area (TPSA) is 35.2 Å². The minimum Gasteiger partial charge on any atom is -0.462 e. The number of likely N-dealkylation sites (N-methyl/N-ethyl adjacent to an activating group) is 1. The maximum Gasteiger partial charge on any atom is 0.361 e. The normalized spacial score (nSPS) is 26.5. The van der Waals surface area contributed by atoms with Crippen LogP contribution >= 0.6 is 0 Å². The molecule has 17 heavy (non-hydrogen) atoms. The van der Waals surface area contributed by atoms with E-state index in [1.165, 1.54) is 43.8 Å². The number of esters is 1. The van der Waals surface area contributed by atoms with Crippen LogP contribution in [0.4, 0.5) is 0 Å². The Morgan fingerprint density at radius 3 is 2.53 bits per heavy atom. The lowest BCUT2D eigenvalue weighted by atomic mass is 10.0. The van der Waals surface area contributed by atoms with E-state index >= 15 is 0 Å². The first-order valence-electron chi connectivity index (χ1n) is 6.98. The fourth-order valence-electron chi connectivity index (χ4n) is 2.71. The monoisotopic (exact) mass is 244 g/mol. The molecular formula is C13H28N2O2+2. The first-order valence-corrected chi connectivity index (χ1v) is 6.98. The van der Waals surface area contributed by atoms with Crippen molar-refractivity contribution in [2.75, 3.05) is 39.8 Å². The first kappa shape index (κ1) is 14.5. The van der Waals surface area contributed by atoms with Crippen LogP contribution in [-0.2, 0) is 9.53 Å². The van der Waals surface area contributed by atoms with Crippen LogP contribution in [0.1, 0.15) is 33.1 Å². The van der Waals surface area contributed by atoms with Crippen molar-refractivity contribution in [1.82, 2.24) is 0 Å². The Morgan fingerprint density at radius 2 is 2.00 bits per heavy atom. The van der Waals surface area contributed by atoms with Crippen molar-refractivity contribution in [3.05, 3.63) is 0 Å². The number of carbonyl (C=O) groups excluding carboxylic acids is 1. The molecule has 4 nitrogen and oxygen atoms in total. The fourth-order valence-corrected chi connectivity index (χ4v) is 2.71. The van der Waals surface area contributed by atoms with E-state index in [0.717, 1.165) is 0 Å². The lowest BCUT2D eigenvalue weighted by Crippen LogP contribution is -3.19. The van der Waals surface area contributed by atoms with Gasteiger partial charge in [-0.05, 0) is 13.3 Å². The number of likely N-dealkylation sites (tertiary alicyclic amines) is 1. The number of piperidine rings is 1. The summed E-state index contributed by atoms with van der Waals surface area (Å²) >= 11 is 0. The van der Waals surface area contributed by atoms with Crippen LogP contribution in [0.3, 0.4) is 0 Å². The summed E-state index contributed by atoms with van der Waals surface area (Å²) in [6.07, 6.45) is 3.74. The van der Waals surface area contributed by atoms with Crippen LogP contribution in [0.5, 0.6) is 0 Å². The van der Waals surface area contributed by atoms with E-state index in [1.54, 1.807) is 4.90 Å². The van der Waals surface area contributed by atoms with Crippen LogP contribution in [0, 0.1) is 0 Å². The molecule has 1 heterocycles. The second-order valence-corrected chi connectivity index (χ2v) is 5.10. The van der Waals surface area contributed by atoms with Crippen LogP contribution in [-0.4, -0.2) is 51.8 Å². The standard InChI is InChI=1S/C13H26N2O2/c1-4-8-15-9-6-12(7-10-15)14(3)11-13(16)17-5-2/h12H,4-11H2,1-3H3/p+2. The predicted octanol–water partition coefficient (Wildman–Crippen LogP) is -1.48. The average molecular weight is 244 g/mol. The molecule has 1 atom stereocenters. The van der Waals surface area contributed by atoms with Crippen LogP contribution in [0.25, 0.3) is 0 Å². The van der Waals surface area contributed by atoms with Crippen molar-refractivity contribution >= 4 is 5.97 Å². The molecule has 0 bridgehead atoms. The molecule has 0 aromatic heterocycles. The average Bonchev–Trinajstić information content (AvgIpc) is 2.30. The molecule has 0 aromatic carbocycles. The number of rotatable bonds is 6. The number of carbonyl (C=O) groups is 1. The summed E-state index contributed by atoms with van der Waals surface area (Å²) in [6, 6.07) is 0.639. The minimum absolute atomic E-state index is 0.0617. The third kappa shape index (κ3) is 5.04. The largest absolute Gasteiger partial charge is 0.462 e. The van der Waals surface area contributed by atoms with Gasteiger partial charge in [-0.2, -0.15) is 0 Å². The van der Waals surface area contributed by atoms with Gasteiger partial charge in [-0.1, -0.05) is 6.92 Å². The number of hydrogen-bond acceptors (Lipinski definition) is 2. The second kappa shape index (κ2) is 7.67. The summed E-state index contributed by atoms with van der Waals surface area (Å²) in [5.41, 5.74) is 0. The van der Waals surface area contributed by atoms with Gasteiger partial charge in [0.25, 0.3) is 0 Å². The van der Waals surface area contributed by atoms with Gasteiger partial charge in [-0.3, -0.25) is 0 Å². The first-order chi connectivity index (χ1) is 8.17. The summed E-state index contributed by atoms with van der Waals surface area (Å²) < 4.78 is 5.00. The third-order valence-corrected chi connectivity index (χ3v) is 3.72. The Morgan fingerprint density at radius 1 is 1.35 bits per heavy atom. The van der Waals surface area contributed by atoms with Gasteiger partial charge in [-0.25, -0.2) is 4.79 Å². The van der Waals surface area contributed by atoms with Crippen molar-refractivity contribution in [1.29, 1.82) is 0 Å². The van der Waals surface area contributed by atoms with E-state index in [2.05, 4.69) is 14.0 Å². The molecule has 1 fully saturated rings. The summed E-state index contributed by atoms with van der Waals surface area (Å²) in [5, 5.41) is 0. The predicted molar refractivity (Wildman–Crippen MR) is 67.3 cm³/mol. The zero-order valence-electron chi connectivity index (χ0n) is 11.6. The van der Waals surface area contributed by atoms with E-state index < -0.39 is 0 Å². The van der Waals surface area contributed by atoms with E-state index in [4.69, 9.17) is 4.74 Å². The molecule has 1 saturated heterocycles. The van der Waals surface area contributed by atoms with E-state index in [-0.39, 0.29) is 5.97 Å². The zero-order valence-corrected chi connectivity index (χ0v) is 11.6. The molecule has 1 aliphatic rings. The van der Waals surface area contributed by atoms with Gasteiger partial charge in [0.15, 0.2) is 6.54 Å². The lowest BCUT2D eigenvalue weighted by molar-refractivity contribution is -0.944. The van der Waals surface area contributed by atoms with Gasteiger partial charge in [0, 0.05) is 12.8 Å². The Kier molecular flexibility index (Phi) is 6.52. The second-order valence-electron chi connectivity index (χ2n) is 5.10. The highest BCUT2D eigenvalue weighted by atomic mass is 16.5. The molecule has 2 N–H and O–H groups in total. The Hall–Kier alpha value is -0.610. The van der Waals surface area contributed by atoms with Crippen molar-refractivity contribution in [3.63, 3.8) is 0 Å².